The van der Waals surface area contributed by atoms with Gasteiger partial charge in [-0.1, -0.05) is 12.1 Å². The molecule has 130 valence electrons. The Morgan fingerprint density at radius 1 is 1.32 bits per heavy atom. The van der Waals surface area contributed by atoms with Gasteiger partial charge in [0.15, 0.2) is 12.1 Å². The molecule has 1 amide bonds. The Morgan fingerprint density at radius 3 is 3.08 bits per heavy atom. The molecule has 1 aromatic carbocycles. The largest absolute Gasteiger partial charge is 0.464 e. The summed E-state index contributed by atoms with van der Waals surface area (Å²) in [5.74, 6) is 0.685. The second-order valence-corrected chi connectivity index (χ2v) is 6.45. The third-order valence-corrected chi connectivity index (χ3v) is 4.62. The molecular formula is C19H20N2O4. The Bertz CT molecular complexity index is 882. The lowest BCUT2D eigenvalue weighted by molar-refractivity contribution is 0.0730. The first-order chi connectivity index (χ1) is 12.2. The van der Waals surface area contributed by atoms with Gasteiger partial charge < -0.3 is 18.5 Å². The van der Waals surface area contributed by atoms with Gasteiger partial charge in [0.1, 0.15) is 11.3 Å². The van der Waals surface area contributed by atoms with Crippen LogP contribution in [0.5, 0.6) is 0 Å². The second-order valence-electron chi connectivity index (χ2n) is 6.45. The number of oxazole rings is 1. The SMILES string of the molecule is Cc1ocnc1C(=O)N1CCOC[C@H](Cc2ccc3ccoc3c2)C1. The molecule has 3 heterocycles. The summed E-state index contributed by atoms with van der Waals surface area (Å²) in [6, 6.07) is 8.19. The van der Waals surface area contributed by atoms with Crippen molar-refractivity contribution < 1.29 is 18.4 Å². The molecule has 6 heteroatoms. The normalized spacial score (nSPS) is 18.4. The van der Waals surface area contributed by atoms with Crippen molar-refractivity contribution >= 4 is 16.9 Å². The number of hydrogen-bond acceptors (Lipinski definition) is 5. The van der Waals surface area contributed by atoms with Crippen LogP contribution in [0.25, 0.3) is 11.0 Å². The number of amides is 1. The summed E-state index contributed by atoms with van der Waals surface area (Å²) in [7, 11) is 0. The number of carbonyl (C=O) groups is 1. The molecule has 0 bridgehead atoms. The van der Waals surface area contributed by atoms with Crippen LogP contribution in [-0.2, 0) is 11.2 Å². The molecule has 1 atom stereocenters. The minimum absolute atomic E-state index is 0.0942. The fourth-order valence-corrected chi connectivity index (χ4v) is 3.31. The molecule has 0 N–H and O–H groups in total. The van der Waals surface area contributed by atoms with Crippen molar-refractivity contribution in [3.63, 3.8) is 0 Å². The highest BCUT2D eigenvalue weighted by Crippen LogP contribution is 2.21. The summed E-state index contributed by atoms with van der Waals surface area (Å²) in [4.78, 5) is 18.6. The van der Waals surface area contributed by atoms with E-state index in [-0.39, 0.29) is 11.8 Å². The van der Waals surface area contributed by atoms with E-state index >= 15 is 0 Å². The van der Waals surface area contributed by atoms with Gasteiger partial charge in [-0.15, -0.1) is 0 Å². The van der Waals surface area contributed by atoms with Crippen LogP contribution in [0.15, 0.2) is 45.8 Å². The predicted molar refractivity (Wildman–Crippen MR) is 91.4 cm³/mol. The Labute approximate surface area is 145 Å². The number of hydrogen-bond donors (Lipinski definition) is 0. The number of rotatable bonds is 3. The standard InChI is InChI=1S/C19H20N2O4/c1-13-18(20-12-25-13)19(22)21-5-7-23-11-15(10-21)8-14-2-3-16-4-6-24-17(16)9-14/h2-4,6,9,12,15H,5,7-8,10-11H2,1H3/t15-/m1/s1. The topological polar surface area (TPSA) is 68.7 Å². The van der Waals surface area contributed by atoms with E-state index in [1.807, 2.05) is 11.0 Å². The minimum atomic E-state index is -0.0942. The molecule has 4 rings (SSSR count). The smallest absolute Gasteiger partial charge is 0.276 e. The van der Waals surface area contributed by atoms with Crippen molar-refractivity contribution in [3.8, 4) is 0 Å². The first kappa shape index (κ1) is 15.9. The molecule has 1 fully saturated rings. The number of ether oxygens (including phenoxy) is 1. The molecule has 1 aliphatic heterocycles. The average Bonchev–Trinajstić information content (AvgIpc) is 3.18. The van der Waals surface area contributed by atoms with Gasteiger partial charge in [-0.3, -0.25) is 4.79 Å². The highest BCUT2D eigenvalue weighted by Gasteiger charge is 2.26. The number of fused-ring (bicyclic) bond motifs is 1. The van der Waals surface area contributed by atoms with Crippen LogP contribution in [0, 0.1) is 12.8 Å². The number of aromatic nitrogens is 1. The van der Waals surface area contributed by atoms with Crippen LogP contribution in [0.1, 0.15) is 21.8 Å². The van der Waals surface area contributed by atoms with E-state index in [4.69, 9.17) is 13.6 Å². The van der Waals surface area contributed by atoms with E-state index in [9.17, 15) is 4.79 Å². The first-order valence-electron chi connectivity index (χ1n) is 8.44. The second kappa shape index (κ2) is 6.72. The molecule has 3 aromatic rings. The molecular weight excluding hydrogens is 320 g/mol. The molecule has 0 saturated carbocycles. The number of nitrogens with zero attached hydrogens (tertiary/aromatic N) is 2. The molecule has 25 heavy (non-hydrogen) atoms. The van der Waals surface area contributed by atoms with E-state index in [0.29, 0.717) is 37.8 Å². The van der Waals surface area contributed by atoms with Crippen molar-refractivity contribution in [2.24, 2.45) is 5.92 Å². The lowest BCUT2D eigenvalue weighted by atomic mass is 9.99. The quantitative estimate of drug-likeness (QED) is 0.733. The van der Waals surface area contributed by atoms with Gasteiger partial charge in [-0.2, -0.15) is 0 Å². The monoisotopic (exact) mass is 340 g/mol. The van der Waals surface area contributed by atoms with E-state index in [2.05, 4.69) is 23.2 Å². The van der Waals surface area contributed by atoms with Crippen molar-refractivity contribution in [1.29, 1.82) is 0 Å². The van der Waals surface area contributed by atoms with Crippen molar-refractivity contribution in [2.75, 3.05) is 26.3 Å². The van der Waals surface area contributed by atoms with Crippen molar-refractivity contribution in [3.05, 3.63) is 53.9 Å². The lowest BCUT2D eigenvalue weighted by Crippen LogP contribution is -2.36. The highest BCUT2D eigenvalue weighted by atomic mass is 16.5. The van der Waals surface area contributed by atoms with Gasteiger partial charge in [0, 0.05) is 24.4 Å². The van der Waals surface area contributed by atoms with Crippen LogP contribution in [-0.4, -0.2) is 42.1 Å². The predicted octanol–water partition coefficient (Wildman–Crippen LogP) is 3.06. The van der Waals surface area contributed by atoms with Gasteiger partial charge >= 0.3 is 0 Å². The zero-order valence-electron chi connectivity index (χ0n) is 14.1. The fraction of sp³-hybridized carbons (Fsp3) is 0.368. The van der Waals surface area contributed by atoms with Gasteiger partial charge in [-0.05, 0) is 31.0 Å². The van der Waals surface area contributed by atoms with Crippen LogP contribution in [0.3, 0.4) is 0 Å². The average molecular weight is 340 g/mol. The van der Waals surface area contributed by atoms with Gasteiger partial charge in [0.05, 0.1) is 19.5 Å². The number of benzene rings is 1. The highest BCUT2D eigenvalue weighted by molar-refractivity contribution is 5.93. The molecule has 0 aliphatic carbocycles. The van der Waals surface area contributed by atoms with Crippen LogP contribution >= 0.6 is 0 Å². The fourth-order valence-electron chi connectivity index (χ4n) is 3.31. The summed E-state index contributed by atoms with van der Waals surface area (Å²) < 4.78 is 16.4. The Kier molecular flexibility index (Phi) is 4.28. The summed E-state index contributed by atoms with van der Waals surface area (Å²) >= 11 is 0. The Hall–Kier alpha value is -2.60. The van der Waals surface area contributed by atoms with E-state index in [0.717, 1.165) is 17.4 Å². The summed E-state index contributed by atoms with van der Waals surface area (Å²) in [5, 5.41) is 1.10. The van der Waals surface area contributed by atoms with Gasteiger partial charge in [0.25, 0.3) is 5.91 Å². The molecule has 1 aliphatic rings. The number of carbonyl (C=O) groups excluding carboxylic acids is 1. The van der Waals surface area contributed by atoms with E-state index in [1.54, 1.807) is 13.2 Å². The summed E-state index contributed by atoms with van der Waals surface area (Å²) in [5.41, 5.74) is 2.46. The van der Waals surface area contributed by atoms with Crippen LogP contribution in [0.4, 0.5) is 0 Å². The van der Waals surface area contributed by atoms with Crippen molar-refractivity contribution in [1.82, 2.24) is 9.88 Å². The lowest BCUT2D eigenvalue weighted by Gasteiger charge is -2.23. The summed E-state index contributed by atoms with van der Waals surface area (Å²) in [6.45, 7) is 4.14. The Morgan fingerprint density at radius 2 is 2.24 bits per heavy atom. The maximum atomic E-state index is 12.7. The molecule has 2 aromatic heterocycles. The van der Waals surface area contributed by atoms with Gasteiger partial charge in [-0.25, -0.2) is 4.98 Å². The third-order valence-electron chi connectivity index (χ3n) is 4.62. The molecule has 0 radical (unpaired) electrons. The maximum Gasteiger partial charge on any atom is 0.276 e. The van der Waals surface area contributed by atoms with E-state index < -0.39 is 0 Å². The molecule has 6 nitrogen and oxygen atoms in total. The first-order valence-corrected chi connectivity index (χ1v) is 8.44. The minimum Gasteiger partial charge on any atom is -0.464 e. The third kappa shape index (κ3) is 3.30. The number of furan rings is 1. The zero-order chi connectivity index (χ0) is 17.2. The molecule has 0 spiro atoms. The Balaban J connectivity index is 1.49. The van der Waals surface area contributed by atoms with Crippen molar-refractivity contribution in [2.45, 2.75) is 13.3 Å². The van der Waals surface area contributed by atoms with Crippen LogP contribution < -0.4 is 0 Å². The van der Waals surface area contributed by atoms with Gasteiger partial charge in [0.2, 0.25) is 0 Å². The summed E-state index contributed by atoms with van der Waals surface area (Å²) in [6.07, 6.45) is 3.84. The number of aryl methyl sites for hydroxylation is 1. The van der Waals surface area contributed by atoms with Crippen LogP contribution in [0.2, 0.25) is 0 Å². The molecule has 0 unspecified atom stereocenters. The molecule has 1 saturated heterocycles. The van der Waals surface area contributed by atoms with E-state index in [1.165, 1.54) is 12.0 Å². The zero-order valence-corrected chi connectivity index (χ0v) is 14.1. The maximum absolute atomic E-state index is 12.7.